The van der Waals surface area contributed by atoms with Crippen molar-refractivity contribution in [1.82, 2.24) is 15.5 Å². The molecule has 1 fully saturated rings. The summed E-state index contributed by atoms with van der Waals surface area (Å²) in [4.78, 5) is 27.8. The number of hydrogen-bond donors (Lipinski definition) is 2. The second-order valence-corrected chi connectivity index (χ2v) is 7.78. The van der Waals surface area contributed by atoms with Crippen LogP contribution in [0.5, 0.6) is 0 Å². The lowest BCUT2D eigenvalue weighted by Crippen LogP contribution is -2.46. The van der Waals surface area contributed by atoms with E-state index in [2.05, 4.69) is 22.5 Å². The Kier molecular flexibility index (Phi) is 7.25. The molecular weight excluding hydrogens is 366 g/mol. The summed E-state index contributed by atoms with van der Waals surface area (Å²) in [6.45, 7) is 7.15. The number of hydrogen-bond acceptors (Lipinski definition) is 4. The average molecular weight is 396 g/mol. The Hall–Kier alpha value is -2.86. The highest BCUT2D eigenvalue weighted by atomic mass is 16.3. The fourth-order valence-electron chi connectivity index (χ4n) is 3.65. The maximum atomic E-state index is 12.9. The van der Waals surface area contributed by atoms with Crippen molar-refractivity contribution in [3.05, 3.63) is 65.7 Å². The first-order valence-corrected chi connectivity index (χ1v) is 10.2. The highest BCUT2D eigenvalue weighted by molar-refractivity contribution is 6.05. The van der Waals surface area contributed by atoms with Gasteiger partial charge in [0.2, 0.25) is 0 Å². The van der Waals surface area contributed by atoms with Crippen LogP contribution in [-0.2, 0) is 4.79 Å². The van der Waals surface area contributed by atoms with E-state index in [1.165, 1.54) is 19.1 Å². The van der Waals surface area contributed by atoms with Gasteiger partial charge in [0.15, 0.2) is 0 Å². The highest BCUT2D eigenvalue weighted by Crippen LogP contribution is 2.15. The molecule has 0 spiro atoms. The molecule has 1 aliphatic heterocycles. The Morgan fingerprint density at radius 1 is 1.24 bits per heavy atom. The Bertz CT molecular complexity index is 830. The van der Waals surface area contributed by atoms with Gasteiger partial charge in [0, 0.05) is 30.8 Å². The molecule has 0 aliphatic carbocycles. The first-order chi connectivity index (χ1) is 14.0. The first-order valence-electron chi connectivity index (χ1n) is 10.2. The van der Waals surface area contributed by atoms with Gasteiger partial charge in [-0.25, -0.2) is 0 Å². The van der Waals surface area contributed by atoms with Crippen molar-refractivity contribution in [1.29, 1.82) is 0 Å². The van der Waals surface area contributed by atoms with Gasteiger partial charge >= 0.3 is 0 Å². The minimum atomic E-state index is -0.337. The number of piperidine rings is 1. The van der Waals surface area contributed by atoms with E-state index in [1.807, 2.05) is 13.0 Å². The normalized spacial score (nSPS) is 18.8. The van der Waals surface area contributed by atoms with E-state index in [9.17, 15) is 9.59 Å². The minimum absolute atomic E-state index is 0.0403. The molecular formula is C23H29N3O3. The number of benzene rings is 1. The molecule has 1 aromatic heterocycles. The maximum Gasteiger partial charge on any atom is 0.268 e. The molecule has 2 N–H and O–H groups in total. The van der Waals surface area contributed by atoms with Gasteiger partial charge in [-0.05, 0) is 56.5 Å². The van der Waals surface area contributed by atoms with Gasteiger partial charge in [0.05, 0.1) is 6.26 Å². The van der Waals surface area contributed by atoms with Crippen LogP contribution in [0.1, 0.15) is 42.8 Å². The number of likely N-dealkylation sites (tertiary alicyclic amines) is 1. The average Bonchev–Trinajstić information content (AvgIpc) is 3.21. The zero-order valence-corrected chi connectivity index (χ0v) is 17.1. The van der Waals surface area contributed by atoms with Gasteiger partial charge in [-0.15, -0.1) is 0 Å². The summed E-state index contributed by atoms with van der Waals surface area (Å²) in [6.07, 6.45) is 5.53. The molecule has 2 aromatic rings. The van der Waals surface area contributed by atoms with Crippen molar-refractivity contribution in [2.45, 2.75) is 32.7 Å². The van der Waals surface area contributed by atoms with Gasteiger partial charge in [-0.3, -0.25) is 9.59 Å². The zero-order valence-electron chi connectivity index (χ0n) is 17.1. The summed E-state index contributed by atoms with van der Waals surface area (Å²) in [5.74, 6) is 0.520. The number of rotatable bonds is 7. The van der Waals surface area contributed by atoms with E-state index in [0.29, 0.717) is 17.2 Å². The van der Waals surface area contributed by atoms with Gasteiger partial charge in [0.25, 0.3) is 11.8 Å². The molecule has 29 heavy (non-hydrogen) atoms. The van der Waals surface area contributed by atoms with Crippen LogP contribution in [0.3, 0.4) is 0 Å². The summed E-state index contributed by atoms with van der Waals surface area (Å²) in [7, 11) is 0. The summed E-state index contributed by atoms with van der Waals surface area (Å²) in [6, 6.07) is 12.3. The molecule has 3 rings (SSSR count). The Morgan fingerprint density at radius 3 is 2.72 bits per heavy atom. The first kappa shape index (κ1) is 20.9. The molecule has 1 aromatic carbocycles. The van der Waals surface area contributed by atoms with Crippen LogP contribution < -0.4 is 10.6 Å². The third kappa shape index (κ3) is 6.32. The number of carbonyl (C=O) groups is 2. The lowest BCUT2D eigenvalue weighted by Gasteiger charge is -2.32. The molecule has 2 atom stereocenters. The second-order valence-electron chi connectivity index (χ2n) is 7.78. The van der Waals surface area contributed by atoms with E-state index in [1.54, 1.807) is 42.5 Å². The number of amides is 2. The molecule has 0 radical (unpaired) electrons. The van der Waals surface area contributed by atoms with Crippen molar-refractivity contribution in [3.8, 4) is 0 Å². The van der Waals surface area contributed by atoms with Crippen LogP contribution in [0, 0.1) is 5.92 Å². The van der Waals surface area contributed by atoms with E-state index in [-0.39, 0.29) is 23.6 Å². The summed E-state index contributed by atoms with van der Waals surface area (Å²) < 4.78 is 5.32. The number of nitrogens with zero attached hydrogens (tertiary/aromatic N) is 1. The monoisotopic (exact) mass is 395 g/mol. The van der Waals surface area contributed by atoms with E-state index in [4.69, 9.17) is 4.42 Å². The third-order valence-electron chi connectivity index (χ3n) is 5.01. The minimum Gasteiger partial charge on any atom is -0.465 e. The number of carbonyl (C=O) groups excluding carboxylic acids is 2. The highest BCUT2D eigenvalue weighted by Gasteiger charge is 2.21. The molecule has 154 valence electrons. The van der Waals surface area contributed by atoms with E-state index < -0.39 is 0 Å². The standard InChI is InChI=1S/C23H29N3O3/c1-17-8-6-12-26(15-17)16-18(2)24-23(28)21(14-20-11-7-13-29-20)25-22(27)19-9-4-3-5-10-19/h3-5,7,9-11,13-14,17-18H,6,8,12,15-16H2,1-2H3,(H,24,28)(H,25,27)/b21-14-. The van der Waals surface area contributed by atoms with Crippen LogP contribution in [-0.4, -0.2) is 42.4 Å². The van der Waals surface area contributed by atoms with E-state index in [0.717, 1.165) is 19.6 Å². The smallest absolute Gasteiger partial charge is 0.268 e. The van der Waals surface area contributed by atoms with Crippen molar-refractivity contribution >= 4 is 17.9 Å². The molecule has 6 heteroatoms. The van der Waals surface area contributed by atoms with Crippen LogP contribution in [0.2, 0.25) is 0 Å². The van der Waals surface area contributed by atoms with E-state index >= 15 is 0 Å². The zero-order chi connectivity index (χ0) is 20.6. The van der Waals surface area contributed by atoms with Gasteiger partial charge in [0.1, 0.15) is 11.5 Å². The summed E-state index contributed by atoms with van der Waals surface area (Å²) >= 11 is 0. The largest absolute Gasteiger partial charge is 0.465 e. The van der Waals surface area contributed by atoms with Crippen molar-refractivity contribution in [2.24, 2.45) is 5.92 Å². The van der Waals surface area contributed by atoms with Crippen LogP contribution in [0.4, 0.5) is 0 Å². The van der Waals surface area contributed by atoms with Gasteiger partial charge < -0.3 is 20.0 Å². The Morgan fingerprint density at radius 2 is 2.03 bits per heavy atom. The number of furan rings is 1. The maximum absolute atomic E-state index is 12.9. The molecule has 0 saturated carbocycles. The fraction of sp³-hybridized carbons (Fsp3) is 0.391. The predicted octanol–water partition coefficient (Wildman–Crippen LogP) is 3.29. The quantitative estimate of drug-likeness (QED) is 0.706. The van der Waals surface area contributed by atoms with Crippen LogP contribution in [0.15, 0.2) is 58.8 Å². The molecule has 0 bridgehead atoms. The predicted molar refractivity (Wildman–Crippen MR) is 113 cm³/mol. The van der Waals surface area contributed by atoms with Crippen molar-refractivity contribution in [2.75, 3.05) is 19.6 Å². The van der Waals surface area contributed by atoms with Crippen LogP contribution >= 0.6 is 0 Å². The fourth-order valence-corrected chi connectivity index (χ4v) is 3.65. The van der Waals surface area contributed by atoms with Gasteiger partial charge in [-0.2, -0.15) is 0 Å². The lowest BCUT2D eigenvalue weighted by molar-refractivity contribution is -0.118. The van der Waals surface area contributed by atoms with Gasteiger partial charge in [-0.1, -0.05) is 25.1 Å². The molecule has 6 nitrogen and oxygen atoms in total. The van der Waals surface area contributed by atoms with Crippen molar-refractivity contribution < 1.29 is 14.0 Å². The Labute approximate surface area is 172 Å². The topological polar surface area (TPSA) is 74.6 Å². The SMILES string of the molecule is CC1CCCN(CC(C)NC(=O)/C(=C/c2ccco2)NC(=O)c2ccccc2)C1. The third-order valence-corrected chi connectivity index (χ3v) is 5.01. The molecule has 1 aliphatic rings. The molecule has 2 heterocycles. The van der Waals surface area contributed by atoms with Crippen LogP contribution in [0.25, 0.3) is 6.08 Å². The second kappa shape index (κ2) is 10.1. The molecule has 2 amide bonds. The lowest BCUT2D eigenvalue weighted by atomic mass is 10.00. The summed E-state index contributed by atoms with van der Waals surface area (Å²) in [5.41, 5.74) is 0.647. The van der Waals surface area contributed by atoms with Crippen molar-refractivity contribution in [3.63, 3.8) is 0 Å². The Balaban J connectivity index is 1.66. The summed E-state index contributed by atoms with van der Waals surface area (Å²) in [5, 5.41) is 5.73. The number of nitrogens with one attached hydrogen (secondary N) is 2. The molecule has 2 unspecified atom stereocenters. The molecule has 1 saturated heterocycles.